The van der Waals surface area contributed by atoms with Crippen molar-refractivity contribution in [2.24, 2.45) is 0 Å². The van der Waals surface area contributed by atoms with Gasteiger partial charge in [-0.3, -0.25) is 9.59 Å². The highest BCUT2D eigenvalue weighted by atomic mass is 16.3. The van der Waals surface area contributed by atoms with E-state index in [-0.39, 0.29) is 11.2 Å². The molecule has 1 N–H and O–H groups in total. The molecule has 1 heterocycles. The van der Waals surface area contributed by atoms with Crippen molar-refractivity contribution in [1.29, 1.82) is 0 Å². The summed E-state index contributed by atoms with van der Waals surface area (Å²) in [6, 6.07) is 15.0. The fourth-order valence-corrected chi connectivity index (χ4v) is 3.13. The first-order valence-corrected chi connectivity index (χ1v) is 7.82. The van der Waals surface area contributed by atoms with E-state index in [4.69, 9.17) is 4.42 Å². The van der Waals surface area contributed by atoms with Gasteiger partial charge in [-0.05, 0) is 48.4 Å². The van der Waals surface area contributed by atoms with Crippen LogP contribution in [0.2, 0.25) is 0 Å². The molecule has 0 bridgehead atoms. The second kappa shape index (κ2) is 5.60. The quantitative estimate of drug-likeness (QED) is 0.437. The molecular weight excluding hydrogens is 316 g/mol. The Morgan fingerprint density at radius 2 is 1.80 bits per heavy atom. The molecule has 4 nitrogen and oxygen atoms in total. The third kappa shape index (κ3) is 2.48. The number of phenolic OH excluding ortho intramolecular Hbond substituents is 1. The normalized spacial score (nSPS) is 11.1. The maximum absolute atomic E-state index is 11.7. The molecule has 0 aromatic heterocycles. The fraction of sp³-hybridized carbons (Fsp3) is 0.0476. The van der Waals surface area contributed by atoms with Crippen LogP contribution in [-0.4, -0.2) is 11.4 Å². The van der Waals surface area contributed by atoms with E-state index < -0.39 is 0 Å². The molecule has 2 aliphatic rings. The Balaban J connectivity index is 2.21. The number of carbonyl (C=O) groups excluding carboxylic acids is 1. The SMILES string of the molecule is Cc1ccc(C=O)cc1-c1c2ccc(=O)cc-2oc2cc(O)ccc12. The Morgan fingerprint density at radius 1 is 0.960 bits per heavy atom. The number of benzene rings is 3. The minimum Gasteiger partial charge on any atom is -0.508 e. The van der Waals surface area contributed by atoms with Crippen LogP contribution in [0.15, 0.2) is 63.8 Å². The summed E-state index contributed by atoms with van der Waals surface area (Å²) in [5, 5.41) is 10.6. The molecule has 4 rings (SSSR count). The van der Waals surface area contributed by atoms with E-state index >= 15 is 0 Å². The number of phenols is 1. The van der Waals surface area contributed by atoms with E-state index in [2.05, 4.69) is 0 Å². The van der Waals surface area contributed by atoms with Crippen LogP contribution >= 0.6 is 0 Å². The number of hydrogen-bond donors (Lipinski definition) is 1. The Kier molecular flexibility index (Phi) is 3.39. The van der Waals surface area contributed by atoms with Crippen LogP contribution in [-0.2, 0) is 0 Å². The second-order valence-electron chi connectivity index (χ2n) is 6.01. The predicted octanol–water partition coefficient (Wildman–Crippen LogP) is 4.39. The van der Waals surface area contributed by atoms with E-state index in [1.54, 1.807) is 24.3 Å². The van der Waals surface area contributed by atoms with Gasteiger partial charge >= 0.3 is 0 Å². The first-order valence-electron chi connectivity index (χ1n) is 7.82. The molecule has 2 aromatic rings. The highest BCUT2D eigenvalue weighted by Gasteiger charge is 2.19. The van der Waals surface area contributed by atoms with Crippen molar-refractivity contribution >= 4 is 17.3 Å². The van der Waals surface area contributed by atoms with Crippen LogP contribution in [0, 0.1) is 6.92 Å². The molecule has 25 heavy (non-hydrogen) atoms. The molecule has 1 aliphatic heterocycles. The van der Waals surface area contributed by atoms with Gasteiger partial charge in [0.2, 0.25) is 0 Å². The summed E-state index contributed by atoms with van der Waals surface area (Å²) in [7, 11) is 0. The van der Waals surface area contributed by atoms with Crippen LogP contribution in [0.25, 0.3) is 33.4 Å². The lowest BCUT2D eigenvalue weighted by atomic mass is 9.90. The first kappa shape index (κ1) is 15.1. The molecule has 2 aromatic carbocycles. The third-order valence-electron chi connectivity index (χ3n) is 4.34. The average Bonchev–Trinajstić information content (AvgIpc) is 2.60. The molecule has 0 spiro atoms. The molecule has 0 unspecified atom stereocenters. The van der Waals surface area contributed by atoms with E-state index in [9.17, 15) is 14.7 Å². The van der Waals surface area contributed by atoms with Crippen molar-refractivity contribution in [3.05, 3.63) is 75.9 Å². The van der Waals surface area contributed by atoms with E-state index in [0.717, 1.165) is 33.9 Å². The monoisotopic (exact) mass is 330 g/mol. The van der Waals surface area contributed by atoms with Crippen molar-refractivity contribution in [2.45, 2.75) is 6.92 Å². The molecule has 0 fully saturated rings. The molecule has 0 radical (unpaired) electrons. The van der Waals surface area contributed by atoms with Crippen LogP contribution in [0.5, 0.6) is 5.75 Å². The zero-order valence-electron chi connectivity index (χ0n) is 13.4. The first-order chi connectivity index (χ1) is 12.1. The zero-order valence-corrected chi connectivity index (χ0v) is 13.4. The van der Waals surface area contributed by atoms with Crippen LogP contribution in [0.1, 0.15) is 15.9 Å². The van der Waals surface area contributed by atoms with Gasteiger partial charge in [0, 0.05) is 34.2 Å². The van der Waals surface area contributed by atoms with E-state index in [1.165, 1.54) is 18.2 Å². The van der Waals surface area contributed by atoms with E-state index in [0.29, 0.717) is 16.9 Å². The van der Waals surface area contributed by atoms with Gasteiger partial charge in [0.15, 0.2) is 5.43 Å². The fourth-order valence-electron chi connectivity index (χ4n) is 3.13. The van der Waals surface area contributed by atoms with Crippen LogP contribution < -0.4 is 5.43 Å². The van der Waals surface area contributed by atoms with Gasteiger partial charge in [-0.25, -0.2) is 0 Å². The molecule has 0 saturated heterocycles. The second-order valence-corrected chi connectivity index (χ2v) is 6.01. The number of aldehydes is 1. The number of hydrogen-bond acceptors (Lipinski definition) is 4. The number of fused-ring (bicyclic) bond motifs is 2. The van der Waals surface area contributed by atoms with Gasteiger partial charge in [-0.1, -0.05) is 12.1 Å². The average molecular weight is 330 g/mol. The Hall–Kier alpha value is -3.40. The summed E-state index contributed by atoms with van der Waals surface area (Å²) in [6.07, 6.45) is 0.808. The molecule has 4 heteroatoms. The molecule has 1 aliphatic carbocycles. The highest BCUT2D eigenvalue weighted by Crippen LogP contribution is 2.41. The molecule has 0 atom stereocenters. The largest absolute Gasteiger partial charge is 0.508 e. The van der Waals surface area contributed by atoms with Gasteiger partial charge in [-0.15, -0.1) is 0 Å². The lowest BCUT2D eigenvalue weighted by Gasteiger charge is -2.17. The lowest BCUT2D eigenvalue weighted by molar-refractivity contribution is 0.112. The number of aryl methyl sites for hydroxylation is 1. The maximum atomic E-state index is 11.7. The summed E-state index contributed by atoms with van der Waals surface area (Å²) in [5.74, 6) is 0.523. The number of aromatic hydroxyl groups is 1. The molecule has 0 amide bonds. The number of rotatable bonds is 2. The van der Waals surface area contributed by atoms with Crippen molar-refractivity contribution in [3.8, 4) is 28.2 Å². The lowest BCUT2D eigenvalue weighted by Crippen LogP contribution is -2.00. The molecule has 0 saturated carbocycles. The maximum Gasteiger partial charge on any atom is 0.182 e. The topological polar surface area (TPSA) is 67.5 Å². The van der Waals surface area contributed by atoms with Gasteiger partial charge in [0.05, 0.1) is 0 Å². The van der Waals surface area contributed by atoms with E-state index in [1.807, 2.05) is 19.1 Å². The zero-order chi connectivity index (χ0) is 17.6. The minimum atomic E-state index is -0.153. The van der Waals surface area contributed by atoms with Gasteiger partial charge < -0.3 is 9.52 Å². The predicted molar refractivity (Wildman–Crippen MR) is 96.3 cm³/mol. The van der Waals surface area contributed by atoms with Crippen LogP contribution in [0.4, 0.5) is 0 Å². The minimum absolute atomic E-state index is 0.0817. The summed E-state index contributed by atoms with van der Waals surface area (Å²) in [4.78, 5) is 23.0. The Morgan fingerprint density at radius 3 is 2.60 bits per heavy atom. The number of carbonyl (C=O) groups is 1. The van der Waals surface area contributed by atoms with Crippen molar-refractivity contribution in [1.82, 2.24) is 0 Å². The van der Waals surface area contributed by atoms with Crippen molar-refractivity contribution in [2.75, 3.05) is 0 Å². The summed E-state index contributed by atoms with van der Waals surface area (Å²) in [5.41, 5.74) is 4.44. The smallest absolute Gasteiger partial charge is 0.182 e. The van der Waals surface area contributed by atoms with Crippen molar-refractivity contribution < 1.29 is 14.3 Å². The van der Waals surface area contributed by atoms with Crippen LogP contribution in [0.3, 0.4) is 0 Å². The van der Waals surface area contributed by atoms with Gasteiger partial charge in [-0.2, -0.15) is 0 Å². The van der Waals surface area contributed by atoms with Crippen molar-refractivity contribution in [3.63, 3.8) is 0 Å². The van der Waals surface area contributed by atoms with Gasteiger partial charge in [0.25, 0.3) is 0 Å². The third-order valence-corrected chi connectivity index (χ3v) is 4.34. The standard InChI is InChI=1S/C21H14O4/c1-12-2-3-13(11-22)8-18(12)21-16-6-4-14(23)9-19(16)25-20-10-15(24)5-7-17(20)21/h2-11,23H,1H3. The summed E-state index contributed by atoms with van der Waals surface area (Å²) < 4.78 is 5.84. The summed E-state index contributed by atoms with van der Waals surface area (Å²) >= 11 is 0. The molecular formula is C21H14O4. The highest BCUT2D eigenvalue weighted by molar-refractivity contribution is 6.03. The molecule has 122 valence electrons. The van der Waals surface area contributed by atoms with Gasteiger partial charge in [0.1, 0.15) is 23.4 Å². The Labute approximate surface area is 143 Å². The Bertz CT molecular complexity index is 1150. The summed E-state index contributed by atoms with van der Waals surface area (Å²) in [6.45, 7) is 1.97.